The molecule has 4 bridgehead atoms. The van der Waals surface area contributed by atoms with Crippen LogP contribution in [0.2, 0.25) is 0 Å². The van der Waals surface area contributed by atoms with Gasteiger partial charge in [-0.25, -0.2) is 4.21 Å². The first kappa shape index (κ1) is 13.0. The molecule has 1 atom stereocenters. The van der Waals surface area contributed by atoms with Crippen molar-refractivity contribution in [3.05, 3.63) is 29.8 Å². The molecule has 1 aromatic rings. The lowest BCUT2D eigenvalue weighted by atomic mass is 9.54. The van der Waals surface area contributed by atoms with Crippen LogP contribution in [0.1, 0.15) is 44.1 Å². The molecule has 0 saturated heterocycles. The van der Waals surface area contributed by atoms with E-state index in [2.05, 4.69) is 0 Å². The first-order valence-electron chi connectivity index (χ1n) is 7.80. The fourth-order valence-corrected chi connectivity index (χ4v) is 5.97. The zero-order chi connectivity index (χ0) is 13.7. The Hall–Kier alpha value is -0.670. The summed E-state index contributed by atoms with van der Waals surface area (Å²) in [6.45, 7) is 2.05. The molecule has 108 valence electrons. The Morgan fingerprint density at radius 1 is 1.00 bits per heavy atom. The van der Waals surface area contributed by atoms with Gasteiger partial charge in [0.05, 0.1) is 10.5 Å². The van der Waals surface area contributed by atoms with Gasteiger partial charge in [0.25, 0.3) is 0 Å². The van der Waals surface area contributed by atoms with Crippen molar-refractivity contribution < 1.29 is 8.39 Å². The predicted molar refractivity (Wildman–Crippen MR) is 79.6 cm³/mol. The number of benzene rings is 1. The summed E-state index contributed by atoms with van der Waals surface area (Å²) >= 11 is -1.30. The minimum Gasteiger partial charge on any atom is -0.280 e. The van der Waals surface area contributed by atoms with Crippen molar-refractivity contribution in [2.75, 3.05) is 0 Å². The highest BCUT2D eigenvalue weighted by atomic mass is 32.2. The third-order valence-corrected chi connectivity index (χ3v) is 6.61. The van der Waals surface area contributed by atoms with E-state index in [1.807, 2.05) is 31.2 Å². The van der Waals surface area contributed by atoms with Crippen LogP contribution in [0.5, 0.6) is 0 Å². The predicted octanol–water partition coefficient (Wildman–Crippen LogP) is 4.00. The Bertz CT molecular complexity index is 499. The average molecular weight is 290 g/mol. The molecule has 4 fully saturated rings. The van der Waals surface area contributed by atoms with Gasteiger partial charge in [0.1, 0.15) is 0 Å². The Kier molecular flexibility index (Phi) is 3.04. The van der Waals surface area contributed by atoms with Crippen LogP contribution in [0, 0.1) is 24.7 Å². The van der Waals surface area contributed by atoms with E-state index in [0.717, 1.165) is 41.9 Å². The fraction of sp³-hybridized carbons (Fsp3) is 0.647. The van der Waals surface area contributed by atoms with Gasteiger partial charge in [0.2, 0.25) is 0 Å². The molecule has 1 aromatic carbocycles. The summed E-state index contributed by atoms with van der Waals surface area (Å²) in [6, 6.07) is 7.89. The van der Waals surface area contributed by atoms with E-state index in [-0.39, 0.29) is 5.60 Å². The number of rotatable bonds is 3. The van der Waals surface area contributed by atoms with Gasteiger partial charge >= 0.3 is 0 Å². The van der Waals surface area contributed by atoms with Crippen LogP contribution in [0.3, 0.4) is 0 Å². The lowest BCUT2D eigenvalue weighted by Gasteiger charge is -2.55. The molecule has 0 radical (unpaired) electrons. The second-order valence-corrected chi connectivity index (χ2v) is 8.34. The van der Waals surface area contributed by atoms with Crippen molar-refractivity contribution in [2.45, 2.75) is 55.9 Å². The summed E-state index contributed by atoms with van der Waals surface area (Å²) < 4.78 is 18.7. The number of aryl methyl sites for hydroxylation is 1. The molecule has 0 spiro atoms. The topological polar surface area (TPSA) is 26.3 Å². The van der Waals surface area contributed by atoms with Crippen LogP contribution in [0.25, 0.3) is 0 Å². The lowest BCUT2D eigenvalue weighted by molar-refractivity contribution is -0.101. The van der Waals surface area contributed by atoms with Crippen LogP contribution >= 0.6 is 0 Å². The molecule has 4 saturated carbocycles. The first-order chi connectivity index (χ1) is 9.62. The Morgan fingerprint density at radius 3 is 2.00 bits per heavy atom. The second kappa shape index (κ2) is 4.67. The van der Waals surface area contributed by atoms with Crippen molar-refractivity contribution in [1.29, 1.82) is 0 Å². The van der Waals surface area contributed by atoms with E-state index in [4.69, 9.17) is 4.18 Å². The van der Waals surface area contributed by atoms with Crippen molar-refractivity contribution in [3.8, 4) is 0 Å². The molecule has 0 aliphatic heterocycles. The summed E-state index contributed by atoms with van der Waals surface area (Å²) in [5, 5.41) is 0. The van der Waals surface area contributed by atoms with Crippen LogP contribution in [-0.4, -0.2) is 9.81 Å². The summed E-state index contributed by atoms with van der Waals surface area (Å²) in [5.74, 6) is 2.49. The Morgan fingerprint density at radius 2 is 1.50 bits per heavy atom. The van der Waals surface area contributed by atoms with Crippen LogP contribution < -0.4 is 0 Å². The molecule has 3 heteroatoms. The molecule has 4 aliphatic rings. The molecule has 2 nitrogen and oxygen atoms in total. The van der Waals surface area contributed by atoms with E-state index in [9.17, 15) is 4.21 Å². The van der Waals surface area contributed by atoms with Crippen LogP contribution in [0.15, 0.2) is 29.2 Å². The van der Waals surface area contributed by atoms with Crippen LogP contribution in [-0.2, 0) is 15.3 Å². The molecular weight excluding hydrogens is 268 g/mol. The largest absolute Gasteiger partial charge is 0.280 e. The zero-order valence-corrected chi connectivity index (χ0v) is 12.8. The lowest BCUT2D eigenvalue weighted by Crippen LogP contribution is -2.52. The number of hydrogen-bond acceptors (Lipinski definition) is 2. The summed E-state index contributed by atoms with van der Waals surface area (Å²) in [5.41, 5.74) is 1.12. The van der Waals surface area contributed by atoms with Gasteiger partial charge < -0.3 is 0 Å². The fourth-order valence-electron chi connectivity index (χ4n) is 4.99. The molecule has 0 aromatic heterocycles. The molecule has 0 heterocycles. The van der Waals surface area contributed by atoms with Gasteiger partial charge in [0, 0.05) is 0 Å². The first-order valence-corrected chi connectivity index (χ1v) is 8.87. The van der Waals surface area contributed by atoms with Crippen molar-refractivity contribution >= 4 is 11.1 Å². The van der Waals surface area contributed by atoms with Crippen molar-refractivity contribution in [2.24, 2.45) is 17.8 Å². The maximum atomic E-state index is 12.5. The Labute approximate surface area is 123 Å². The Balaban J connectivity index is 1.53. The van der Waals surface area contributed by atoms with E-state index in [1.165, 1.54) is 24.8 Å². The van der Waals surface area contributed by atoms with E-state index in [1.54, 1.807) is 0 Å². The highest BCUT2D eigenvalue weighted by Crippen LogP contribution is 2.57. The van der Waals surface area contributed by atoms with E-state index >= 15 is 0 Å². The monoisotopic (exact) mass is 290 g/mol. The molecule has 0 N–H and O–H groups in total. The standard InChI is InChI=1S/C17H22O2S/c1-12-2-4-16(5-3-12)20(18)19-17-9-13-6-14(10-17)8-15(7-13)11-17/h2-5,13-15H,6-11H2,1H3/t13?,14?,15?,17?,20-/m0/s1. The maximum Gasteiger partial charge on any atom is 0.189 e. The minimum absolute atomic E-state index is 0.0789. The maximum absolute atomic E-state index is 12.5. The summed E-state index contributed by atoms with van der Waals surface area (Å²) in [4.78, 5) is 0.811. The SMILES string of the molecule is Cc1ccc([S@@](=O)OC23CC4CC(CC(C4)C2)C3)cc1. The van der Waals surface area contributed by atoms with Gasteiger partial charge in [-0.05, 0) is 75.3 Å². The highest BCUT2D eigenvalue weighted by molar-refractivity contribution is 7.80. The van der Waals surface area contributed by atoms with Gasteiger partial charge in [-0.2, -0.15) is 0 Å². The molecule has 20 heavy (non-hydrogen) atoms. The third kappa shape index (κ3) is 2.25. The van der Waals surface area contributed by atoms with Crippen LogP contribution in [0.4, 0.5) is 0 Å². The average Bonchev–Trinajstić information content (AvgIpc) is 2.37. The van der Waals surface area contributed by atoms with E-state index < -0.39 is 11.1 Å². The number of hydrogen-bond donors (Lipinski definition) is 0. The molecule has 5 rings (SSSR count). The van der Waals surface area contributed by atoms with Crippen molar-refractivity contribution in [3.63, 3.8) is 0 Å². The van der Waals surface area contributed by atoms with Gasteiger partial charge in [-0.1, -0.05) is 17.7 Å². The smallest absolute Gasteiger partial charge is 0.189 e. The summed E-state index contributed by atoms with van der Waals surface area (Å²) in [6.07, 6.45) is 7.57. The minimum atomic E-state index is -1.30. The quantitative estimate of drug-likeness (QED) is 0.841. The zero-order valence-electron chi connectivity index (χ0n) is 12.0. The van der Waals surface area contributed by atoms with Gasteiger partial charge in [0.15, 0.2) is 11.1 Å². The third-order valence-electron chi connectivity index (χ3n) is 5.45. The molecule has 4 aliphatic carbocycles. The van der Waals surface area contributed by atoms with Gasteiger partial charge in [-0.3, -0.25) is 4.18 Å². The molecule has 0 unspecified atom stereocenters. The highest BCUT2D eigenvalue weighted by Gasteiger charge is 2.52. The van der Waals surface area contributed by atoms with E-state index in [0.29, 0.717) is 0 Å². The summed E-state index contributed by atoms with van der Waals surface area (Å²) in [7, 11) is 0. The molecular formula is C17H22O2S. The van der Waals surface area contributed by atoms with Gasteiger partial charge in [-0.15, -0.1) is 0 Å². The second-order valence-electron chi connectivity index (χ2n) is 7.23. The van der Waals surface area contributed by atoms with Crippen molar-refractivity contribution in [1.82, 2.24) is 0 Å². The normalized spacial score (nSPS) is 40.0. The molecule has 0 amide bonds.